The number of rotatable bonds is 5. The van der Waals surface area contributed by atoms with Crippen LogP contribution in [0.2, 0.25) is 0 Å². The maximum Gasteiger partial charge on any atom is 0.220 e. The van der Waals surface area contributed by atoms with Crippen molar-refractivity contribution in [3.8, 4) is 33.9 Å². The summed E-state index contributed by atoms with van der Waals surface area (Å²) < 4.78 is 5.81. The minimum atomic E-state index is 0.0743. The van der Waals surface area contributed by atoms with Crippen LogP contribution in [0.3, 0.4) is 0 Å². The second kappa shape index (κ2) is 8.02. The van der Waals surface area contributed by atoms with Gasteiger partial charge in [0.2, 0.25) is 5.95 Å². The van der Waals surface area contributed by atoms with Gasteiger partial charge in [0.05, 0.1) is 11.4 Å². The molecular formula is C24H21N3O2. The Hall–Kier alpha value is -3.86. The first-order valence-corrected chi connectivity index (χ1v) is 9.31. The van der Waals surface area contributed by atoms with Gasteiger partial charge in [-0.15, -0.1) is 0 Å². The number of aromatic hydroxyl groups is 1. The van der Waals surface area contributed by atoms with E-state index in [-0.39, 0.29) is 11.7 Å². The van der Waals surface area contributed by atoms with E-state index >= 15 is 0 Å². The number of nitrogens with two attached hydrogens (primary N) is 1. The van der Waals surface area contributed by atoms with Gasteiger partial charge < -0.3 is 15.6 Å². The van der Waals surface area contributed by atoms with Crippen LogP contribution in [0, 0.1) is 6.92 Å². The normalized spacial score (nSPS) is 10.7. The van der Waals surface area contributed by atoms with Crippen LogP contribution in [0.1, 0.15) is 11.3 Å². The van der Waals surface area contributed by atoms with Gasteiger partial charge in [-0.3, -0.25) is 0 Å². The average molecular weight is 383 g/mol. The lowest BCUT2D eigenvalue weighted by Crippen LogP contribution is -2.02. The van der Waals surface area contributed by atoms with Crippen molar-refractivity contribution in [3.05, 3.63) is 90.1 Å². The Kier molecular flexibility index (Phi) is 5.12. The highest BCUT2D eigenvalue weighted by atomic mass is 16.5. The van der Waals surface area contributed by atoms with Crippen LogP contribution in [-0.2, 0) is 6.61 Å². The lowest BCUT2D eigenvalue weighted by molar-refractivity contribution is 0.304. The number of hydrogen-bond donors (Lipinski definition) is 2. The van der Waals surface area contributed by atoms with Gasteiger partial charge in [0.15, 0.2) is 0 Å². The Morgan fingerprint density at radius 1 is 0.897 bits per heavy atom. The van der Waals surface area contributed by atoms with Gasteiger partial charge in [0.25, 0.3) is 0 Å². The van der Waals surface area contributed by atoms with Gasteiger partial charge in [-0.25, -0.2) is 9.97 Å². The highest BCUT2D eigenvalue weighted by Crippen LogP contribution is 2.38. The first-order chi connectivity index (χ1) is 14.1. The van der Waals surface area contributed by atoms with Crippen molar-refractivity contribution in [3.63, 3.8) is 0 Å². The molecule has 0 radical (unpaired) electrons. The van der Waals surface area contributed by atoms with Crippen LogP contribution in [0.25, 0.3) is 22.4 Å². The molecule has 4 rings (SSSR count). The molecule has 0 aliphatic rings. The zero-order valence-electron chi connectivity index (χ0n) is 16.0. The van der Waals surface area contributed by atoms with Crippen molar-refractivity contribution < 1.29 is 9.84 Å². The molecule has 0 saturated heterocycles. The van der Waals surface area contributed by atoms with Gasteiger partial charge in [0, 0.05) is 17.2 Å². The molecule has 4 aromatic rings. The van der Waals surface area contributed by atoms with E-state index in [0.29, 0.717) is 23.6 Å². The second-order valence-corrected chi connectivity index (χ2v) is 6.71. The van der Waals surface area contributed by atoms with E-state index < -0.39 is 0 Å². The molecule has 0 fully saturated rings. The molecule has 1 heterocycles. The minimum absolute atomic E-state index is 0.0743. The number of phenols is 1. The number of anilines is 1. The molecule has 0 amide bonds. The second-order valence-electron chi connectivity index (χ2n) is 6.71. The summed E-state index contributed by atoms with van der Waals surface area (Å²) in [6.07, 6.45) is 0. The molecule has 0 aliphatic carbocycles. The molecule has 0 spiro atoms. The number of nitrogens with zero attached hydrogens (tertiary/aromatic N) is 2. The average Bonchev–Trinajstić information content (AvgIpc) is 2.73. The predicted molar refractivity (Wildman–Crippen MR) is 114 cm³/mol. The maximum absolute atomic E-state index is 10.7. The van der Waals surface area contributed by atoms with Crippen molar-refractivity contribution in [1.29, 1.82) is 0 Å². The zero-order valence-corrected chi connectivity index (χ0v) is 16.0. The topological polar surface area (TPSA) is 81.3 Å². The van der Waals surface area contributed by atoms with Crippen LogP contribution < -0.4 is 10.5 Å². The van der Waals surface area contributed by atoms with Crippen molar-refractivity contribution in [2.75, 3.05) is 5.73 Å². The summed E-state index contributed by atoms with van der Waals surface area (Å²) in [5, 5.41) is 10.7. The fourth-order valence-corrected chi connectivity index (χ4v) is 3.28. The summed E-state index contributed by atoms with van der Waals surface area (Å²) in [6.45, 7) is 2.31. The van der Waals surface area contributed by atoms with Gasteiger partial charge in [0.1, 0.15) is 18.1 Å². The Balaban J connectivity index is 1.70. The Morgan fingerprint density at radius 3 is 2.28 bits per heavy atom. The monoisotopic (exact) mass is 383 g/mol. The summed E-state index contributed by atoms with van der Waals surface area (Å²) in [5.74, 6) is 0.821. The minimum Gasteiger partial charge on any atom is -0.507 e. The van der Waals surface area contributed by atoms with E-state index in [2.05, 4.69) is 9.97 Å². The molecule has 29 heavy (non-hydrogen) atoms. The summed E-state index contributed by atoms with van der Waals surface area (Å²) in [6, 6.07) is 24.9. The smallest absolute Gasteiger partial charge is 0.220 e. The molecule has 0 bridgehead atoms. The zero-order chi connectivity index (χ0) is 20.2. The van der Waals surface area contributed by atoms with E-state index in [1.54, 1.807) is 12.1 Å². The van der Waals surface area contributed by atoms with Crippen LogP contribution in [0.4, 0.5) is 5.95 Å². The quantitative estimate of drug-likeness (QED) is 0.508. The molecule has 0 unspecified atom stereocenters. The summed E-state index contributed by atoms with van der Waals surface area (Å²) in [5.41, 5.74) is 10.7. The van der Waals surface area contributed by atoms with Crippen LogP contribution in [0.5, 0.6) is 11.5 Å². The van der Waals surface area contributed by atoms with Crippen LogP contribution >= 0.6 is 0 Å². The highest BCUT2D eigenvalue weighted by molar-refractivity contribution is 5.85. The Morgan fingerprint density at radius 2 is 1.59 bits per heavy atom. The molecule has 0 aliphatic heterocycles. The SMILES string of the molecule is Cc1nc(N)nc(-c2ccc(OCc3ccccc3)cc2O)c1-c1ccccc1. The number of phenolic OH excluding ortho intramolecular Hbond substituents is 1. The van der Waals surface area contributed by atoms with E-state index in [4.69, 9.17) is 10.5 Å². The molecule has 5 heteroatoms. The molecule has 0 atom stereocenters. The largest absolute Gasteiger partial charge is 0.507 e. The molecule has 3 N–H and O–H groups in total. The molecular weight excluding hydrogens is 362 g/mol. The lowest BCUT2D eigenvalue weighted by Gasteiger charge is -2.14. The van der Waals surface area contributed by atoms with E-state index in [9.17, 15) is 5.11 Å². The standard InChI is InChI=1S/C24H21N3O2/c1-16-22(18-10-6-3-7-11-18)23(27-24(25)26-16)20-13-12-19(14-21(20)28)29-15-17-8-4-2-5-9-17/h2-14,28H,15H2,1H3,(H2,25,26,27). The van der Waals surface area contributed by atoms with Crippen LogP contribution in [-0.4, -0.2) is 15.1 Å². The Labute approximate surface area is 169 Å². The number of benzene rings is 3. The predicted octanol–water partition coefficient (Wildman–Crippen LogP) is 4.99. The summed E-state index contributed by atoms with van der Waals surface area (Å²) >= 11 is 0. The van der Waals surface area contributed by atoms with E-state index in [1.165, 1.54) is 0 Å². The lowest BCUT2D eigenvalue weighted by atomic mass is 9.97. The van der Waals surface area contributed by atoms with Gasteiger partial charge in [-0.2, -0.15) is 0 Å². The first kappa shape index (κ1) is 18.5. The molecule has 0 saturated carbocycles. The van der Waals surface area contributed by atoms with E-state index in [0.717, 1.165) is 22.4 Å². The van der Waals surface area contributed by atoms with Gasteiger partial charge in [-0.05, 0) is 30.2 Å². The third-order valence-electron chi connectivity index (χ3n) is 4.64. The highest BCUT2D eigenvalue weighted by Gasteiger charge is 2.17. The fourth-order valence-electron chi connectivity index (χ4n) is 3.28. The summed E-state index contributed by atoms with van der Waals surface area (Å²) in [4.78, 5) is 8.74. The van der Waals surface area contributed by atoms with Gasteiger partial charge in [-0.1, -0.05) is 60.7 Å². The van der Waals surface area contributed by atoms with Crippen molar-refractivity contribution in [2.45, 2.75) is 13.5 Å². The fraction of sp³-hybridized carbons (Fsp3) is 0.0833. The van der Waals surface area contributed by atoms with Gasteiger partial charge >= 0.3 is 0 Å². The summed E-state index contributed by atoms with van der Waals surface area (Å²) in [7, 11) is 0. The Bertz CT molecular complexity index is 1130. The van der Waals surface area contributed by atoms with Crippen molar-refractivity contribution in [1.82, 2.24) is 9.97 Å². The number of hydrogen-bond acceptors (Lipinski definition) is 5. The molecule has 3 aromatic carbocycles. The third kappa shape index (κ3) is 4.04. The van der Waals surface area contributed by atoms with E-state index in [1.807, 2.05) is 73.7 Å². The van der Waals surface area contributed by atoms with Crippen molar-refractivity contribution in [2.24, 2.45) is 0 Å². The van der Waals surface area contributed by atoms with Crippen LogP contribution in [0.15, 0.2) is 78.9 Å². The molecule has 5 nitrogen and oxygen atoms in total. The number of aromatic nitrogens is 2. The maximum atomic E-state index is 10.7. The molecule has 144 valence electrons. The number of aryl methyl sites for hydroxylation is 1. The third-order valence-corrected chi connectivity index (χ3v) is 4.64. The number of ether oxygens (including phenoxy) is 1. The number of nitrogen functional groups attached to an aromatic ring is 1. The van der Waals surface area contributed by atoms with Crippen molar-refractivity contribution >= 4 is 5.95 Å². The molecule has 1 aromatic heterocycles. The first-order valence-electron chi connectivity index (χ1n) is 9.31.